The van der Waals surface area contributed by atoms with Crippen LogP contribution in [0, 0.1) is 0 Å². The van der Waals surface area contributed by atoms with E-state index in [1.165, 1.54) is 5.69 Å². The summed E-state index contributed by atoms with van der Waals surface area (Å²) in [6.07, 6.45) is 1.70. The number of nitrogens with zero attached hydrogens (tertiary/aromatic N) is 1. The molecule has 2 aromatic rings. The molecule has 0 aliphatic carbocycles. The minimum Gasteiger partial charge on any atom is -0.467 e. The second kappa shape index (κ2) is 4.53. The number of halogens is 1. The second-order valence-corrected chi connectivity index (χ2v) is 4.33. The first-order chi connectivity index (χ1) is 7.25. The standard InChI is InChI=1S/C12H12BrNO/c1-14(9-12-3-2-8-15-12)11-6-4-10(13)5-7-11/h2-8H,9H2,1H3. The van der Waals surface area contributed by atoms with Crippen molar-refractivity contribution in [2.45, 2.75) is 6.54 Å². The zero-order valence-electron chi connectivity index (χ0n) is 8.48. The van der Waals surface area contributed by atoms with Crippen LogP contribution in [-0.2, 0) is 6.54 Å². The summed E-state index contributed by atoms with van der Waals surface area (Å²) < 4.78 is 6.39. The van der Waals surface area contributed by atoms with Crippen LogP contribution in [0.25, 0.3) is 0 Å². The molecule has 0 N–H and O–H groups in total. The van der Waals surface area contributed by atoms with Gasteiger partial charge < -0.3 is 9.32 Å². The Labute approximate surface area is 97.6 Å². The van der Waals surface area contributed by atoms with Crippen molar-refractivity contribution in [1.29, 1.82) is 0 Å². The fraction of sp³-hybridized carbons (Fsp3) is 0.167. The summed E-state index contributed by atoms with van der Waals surface area (Å²) in [5, 5.41) is 0. The van der Waals surface area contributed by atoms with Crippen LogP contribution in [-0.4, -0.2) is 7.05 Å². The van der Waals surface area contributed by atoms with Gasteiger partial charge in [0.15, 0.2) is 0 Å². The Hall–Kier alpha value is -1.22. The number of hydrogen-bond acceptors (Lipinski definition) is 2. The van der Waals surface area contributed by atoms with Crippen LogP contribution in [0.4, 0.5) is 5.69 Å². The lowest BCUT2D eigenvalue weighted by atomic mass is 10.3. The lowest BCUT2D eigenvalue weighted by molar-refractivity contribution is 0.507. The summed E-state index contributed by atoms with van der Waals surface area (Å²) in [6, 6.07) is 12.1. The molecule has 0 unspecified atom stereocenters. The van der Waals surface area contributed by atoms with Gasteiger partial charge >= 0.3 is 0 Å². The third-order valence-electron chi connectivity index (χ3n) is 2.24. The summed E-state index contributed by atoms with van der Waals surface area (Å²) in [5.41, 5.74) is 1.18. The van der Waals surface area contributed by atoms with Crippen LogP contribution in [0.5, 0.6) is 0 Å². The highest BCUT2D eigenvalue weighted by Gasteiger charge is 2.03. The molecule has 2 nitrogen and oxygen atoms in total. The first-order valence-corrected chi connectivity index (χ1v) is 5.54. The van der Waals surface area contributed by atoms with E-state index in [0.717, 1.165) is 16.8 Å². The molecule has 1 heterocycles. The minimum absolute atomic E-state index is 0.786. The third-order valence-corrected chi connectivity index (χ3v) is 2.77. The number of benzene rings is 1. The zero-order chi connectivity index (χ0) is 10.7. The van der Waals surface area contributed by atoms with Crippen LogP contribution in [0.15, 0.2) is 51.6 Å². The van der Waals surface area contributed by atoms with Gasteiger partial charge in [0.2, 0.25) is 0 Å². The van der Waals surface area contributed by atoms with Gasteiger partial charge in [-0.05, 0) is 36.4 Å². The first-order valence-electron chi connectivity index (χ1n) is 4.75. The molecule has 15 heavy (non-hydrogen) atoms. The maximum atomic E-state index is 5.30. The topological polar surface area (TPSA) is 16.4 Å². The van der Waals surface area contributed by atoms with Gasteiger partial charge in [0.1, 0.15) is 5.76 Å². The Morgan fingerprint density at radius 1 is 1.20 bits per heavy atom. The van der Waals surface area contributed by atoms with E-state index in [4.69, 9.17) is 4.42 Å². The first kappa shape index (κ1) is 10.3. The van der Waals surface area contributed by atoms with Crippen molar-refractivity contribution in [3.63, 3.8) is 0 Å². The summed E-state index contributed by atoms with van der Waals surface area (Å²) >= 11 is 3.42. The van der Waals surface area contributed by atoms with Crippen LogP contribution < -0.4 is 4.90 Å². The van der Waals surface area contributed by atoms with E-state index in [0.29, 0.717) is 0 Å². The molecule has 0 amide bonds. The van der Waals surface area contributed by atoms with E-state index >= 15 is 0 Å². The molecule has 1 aromatic heterocycles. The van der Waals surface area contributed by atoms with Crippen molar-refractivity contribution < 1.29 is 4.42 Å². The van der Waals surface area contributed by atoms with Crippen molar-refractivity contribution in [2.24, 2.45) is 0 Å². The van der Waals surface area contributed by atoms with Crippen LogP contribution in [0.3, 0.4) is 0 Å². The van der Waals surface area contributed by atoms with Crippen molar-refractivity contribution in [3.05, 3.63) is 52.9 Å². The molecule has 0 atom stereocenters. The summed E-state index contributed by atoms with van der Waals surface area (Å²) in [7, 11) is 2.05. The molecule has 3 heteroatoms. The monoisotopic (exact) mass is 265 g/mol. The van der Waals surface area contributed by atoms with E-state index in [2.05, 4.69) is 33.0 Å². The molecule has 0 aliphatic heterocycles. The van der Waals surface area contributed by atoms with Gasteiger partial charge in [-0.2, -0.15) is 0 Å². The Morgan fingerprint density at radius 3 is 2.53 bits per heavy atom. The molecule has 1 aromatic carbocycles. The van der Waals surface area contributed by atoms with Crippen molar-refractivity contribution >= 4 is 21.6 Å². The van der Waals surface area contributed by atoms with Gasteiger partial charge in [-0.15, -0.1) is 0 Å². The van der Waals surface area contributed by atoms with Gasteiger partial charge in [0.25, 0.3) is 0 Å². The molecule has 78 valence electrons. The zero-order valence-corrected chi connectivity index (χ0v) is 10.1. The minimum atomic E-state index is 0.786. The number of hydrogen-bond donors (Lipinski definition) is 0. The van der Waals surface area contributed by atoms with E-state index in [1.54, 1.807) is 6.26 Å². The van der Waals surface area contributed by atoms with Crippen molar-refractivity contribution in [2.75, 3.05) is 11.9 Å². The maximum absolute atomic E-state index is 5.30. The lowest BCUT2D eigenvalue weighted by Gasteiger charge is -2.17. The van der Waals surface area contributed by atoms with Gasteiger partial charge in [0.05, 0.1) is 12.8 Å². The second-order valence-electron chi connectivity index (χ2n) is 3.41. The van der Waals surface area contributed by atoms with Gasteiger partial charge in [-0.3, -0.25) is 0 Å². The van der Waals surface area contributed by atoms with E-state index in [-0.39, 0.29) is 0 Å². The maximum Gasteiger partial charge on any atom is 0.123 e. The molecule has 0 aliphatic rings. The van der Waals surface area contributed by atoms with E-state index in [9.17, 15) is 0 Å². The average molecular weight is 266 g/mol. The van der Waals surface area contributed by atoms with Gasteiger partial charge in [-0.1, -0.05) is 15.9 Å². The quantitative estimate of drug-likeness (QED) is 0.842. The molecule has 0 spiro atoms. The predicted molar refractivity (Wildman–Crippen MR) is 65.0 cm³/mol. The molecule has 0 bridgehead atoms. The van der Waals surface area contributed by atoms with Crippen molar-refractivity contribution in [3.8, 4) is 0 Å². The van der Waals surface area contributed by atoms with Gasteiger partial charge in [0, 0.05) is 17.2 Å². The molecule has 2 rings (SSSR count). The highest BCUT2D eigenvalue weighted by molar-refractivity contribution is 9.10. The molecule has 0 fully saturated rings. The van der Waals surface area contributed by atoms with Crippen LogP contribution >= 0.6 is 15.9 Å². The highest BCUT2D eigenvalue weighted by Crippen LogP contribution is 2.18. The third kappa shape index (κ3) is 2.63. The highest BCUT2D eigenvalue weighted by atomic mass is 79.9. The summed E-state index contributed by atoms with van der Waals surface area (Å²) in [6.45, 7) is 0.786. The molecule has 0 saturated carbocycles. The largest absolute Gasteiger partial charge is 0.467 e. The molecule has 0 saturated heterocycles. The van der Waals surface area contributed by atoms with Crippen LogP contribution in [0.2, 0.25) is 0 Å². The Balaban J connectivity index is 2.08. The number of furan rings is 1. The number of rotatable bonds is 3. The Kier molecular flexibility index (Phi) is 3.11. The average Bonchev–Trinajstić information content (AvgIpc) is 2.71. The lowest BCUT2D eigenvalue weighted by Crippen LogP contribution is -2.15. The SMILES string of the molecule is CN(Cc1ccco1)c1ccc(Br)cc1. The van der Waals surface area contributed by atoms with E-state index in [1.807, 2.05) is 31.3 Å². The summed E-state index contributed by atoms with van der Waals surface area (Å²) in [4.78, 5) is 2.14. The van der Waals surface area contributed by atoms with Crippen molar-refractivity contribution in [1.82, 2.24) is 0 Å². The fourth-order valence-electron chi connectivity index (χ4n) is 1.42. The normalized spacial score (nSPS) is 10.3. The van der Waals surface area contributed by atoms with Crippen LogP contribution in [0.1, 0.15) is 5.76 Å². The summed E-state index contributed by atoms with van der Waals surface area (Å²) in [5.74, 6) is 0.973. The molecule has 0 radical (unpaired) electrons. The predicted octanol–water partition coefficient (Wildman–Crippen LogP) is 3.68. The Morgan fingerprint density at radius 2 is 1.93 bits per heavy atom. The fourth-order valence-corrected chi connectivity index (χ4v) is 1.69. The van der Waals surface area contributed by atoms with E-state index < -0.39 is 0 Å². The molecular formula is C12H12BrNO. The number of anilines is 1. The Bertz CT molecular complexity index is 408. The smallest absolute Gasteiger partial charge is 0.123 e. The molecular weight excluding hydrogens is 254 g/mol. The van der Waals surface area contributed by atoms with Gasteiger partial charge in [-0.25, -0.2) is 0 Å².